The van der Waals surface area contributed by atoms with Crippen LogP contribution >= 0.6 is 15.9 Å². The van der Waals surface area contributed by atoms with Crippen LogP contribution in [0.3, 0.4) is 0 Å². The van der Waals surface area contributed by atoms with E-state index in [1.807, 2.05) is 0 Å². The first-order chi connectivity index (χ1) is 10.8. The van der Waals surface area contributed by atoms with Gasteiger partial charge in [0.05, 0.1) is 11.8 Å². The third-order valence-corrected chi connectivity index (χ3v) is 3.31. The third-order valence-electron chi connectivity index (χ3n) is 2.81. The maximum Gasteiger partial charge on any atom is 0.416 e. The Morgan fingerprint density at radius 1 is 1.22 bits per heavy atom. The quantitative estimate of drug-likeness (QED) is 0.619. The first-order valence-electron chi connectivity index (χ1n) is 6.26. The van der Waals surface area contributed by atoms with Crippen LogP contribution in [0.4, 0.5) is 13.2 Å². The van der Waals surface area contributed by atoms with Crippen LogP contribution in [0.15, 0.2) is 52.0 Å². The van der Waals surface area contributed by atoms with E-state index in [4.69, 9.17) is 0 Å². The Morgan fingerprint density at radius 2 is 1.96 bits per heavy atom. The molecule has 2 N–H and O–H groups in total. The Hall–Kier alpha value is -2.35. The Balaban J connectivity index is 2.09. The number of phenols is 1. The standard InChI is InChI=1S/C15H10BrF3N2O2/c16-12-5-4-10(13(22)7-12)8-20-21-14(23)9-2-1-3-11(6-9)15(17,18)19/h1-8,22H,(H,21,23)/b20-8+. The van der Waals surface area contributed by atoms with Crippen molar-refractivity contribution in [2.45, 2.75) is 6.18 Å². The van der Waals surface area contributed by atoms with Crippen LogP contribution in [0.2, 0.25) is 0 Å². The molecular weight excluding hydrogens is 377 g/mol. The van der Waals surface area contributed by atoms with Crippen molar-refractivity contribution in [3.63, 3.8) is 0 Å². The van der Waals surface area contributed by atoms with E-state index in [0.717, 1.165) is 18.2 Å². The predicted molar refractivity (Wildman–Crippen MR) is 82.3 cm³/mol. The number of amides is 1. The van der Waals surface area contributed by atoms with E-state index in [2.05, 4.69) is 26.5 Å². The summed E-state index contributed by atoms with van der Waals surface area (Å²) in [6.45, 7) is 0. The summed E-state index contributed by atoms with van der Waals surface area (Å²) >= 11 is 3.17. The van der Waals surface area contributed by atoms with Crippen molar-refractivity contribution < 1.29 is 23.1 Å². The lowest BCUT2D eigenvalue weighted by atomic mass is 10.1. The van der Waals surface area contributed by atoms with Gasteiger partial charge >= 0.3 is 6.18 Å². The molecule has 0 fully saturated rings. The van der Waals surface area contributed by atoms with Crippen LogP contribution in [0.25, 0.3) is 0 Å². The molecule has 0 aliphatic carbocycles. The van der Waals surface area contributed by atoms with E-state index in [0.29, 0.717) is 10.0 Å². The fourth-order valence-corrected chi connectivity index (χ4v) is 2.04. The lowest BCUT2D eigenvalue weighted by Gasteiger charge is -2.07. The van der Waals surface area contributed by atoms with Gasteiger partial charge in [0.1, 0.15) is 5.75 Å². The van der Waals surface area contributed by atoms with Gasteiger partial charge in [0.2, 0.25) is 0 Å². The molecule has 0 bridgehead atoms. The van der Waals surface area contributed by atoms with Crippen LogP contribution in [-0.4, -0.2) is 17.2 Å². The average Bonchev–Trinajstić information content (AvgIpc) is 2.48. The summed E-state index contributed by atoms with van der Waals surface area (Å²) in [5.41, 5.74) is 1.37. The normalized spacial score (nSPS) is 11.7. The monoisotopic (exact) mass is 386 g/mol. The molecule has 23 heavy (non-hydrogen) atoms. The van der Waals surface area contributed by atoms with Gasteiger partial charge in [-0.3, -0.25) is 4.79 Å². The predicted octanol–water partition coefficient (Wildman–Crippen LogP) is 3.94. The number of alkyl halides is 3. The zero-order chi connectivity index (χ0) is 17.0. The first-order valence-corrected chi connectivity index (χ1v) is 7.06. The minimum atomic E-state index is -4.53. The summed E-state index contributed by atoms with van der Waals surface area (Å²) < 4.78 is 38.4. The fourth-order valence-electron chi connectivity index (χ4n) is 1.69. The zero-order valence-corrected chi connectivity index (χ0v) is 13.0. The molecule has 1 amide bonds. The van der Waals surface area contributed by atoms with Crippen molar-refractivity contribution in [2.75, 3.05) is 0 Å². The summed E-state index contributed by atoms with van der Waals surface area (Å²) in [6, 6.07) is 8.66. The number of halogens is 4. The van der Waals surface area contributed by atoms with Crippen molar-refractivity contribution in [1.82, 2.24) is 5.43 Å². The molecule has 0 saturated carbocycles. The van der Waals surface area contributed by atoms with Crippen LogP contribution in [0.1, 0.15) is 21.5 Å². The summed E-state index contributed by atoms with van der Waals surface area (Å²) in [4.78, 5) is 11.8. The lowest BCUT2D eigenvalue weighted by Crippen LogP contribution is -2.18. The number of hydrogen-bond acceptors (Lipinski definition) is 3. The zero-order valence-electron chi connectivity index (χ0n) is 11.4. The second-order valence-corrected chi connectivity index (χ2v) is 5.40. The topological polar surface area (TPSA) is 61.7 Å². The highest BCUT2D eigenvalue weighted by molar-refractivity contribution is 9.10. The number of phenolic OH excluding ortho intramolecular Hbond substituents is 1. The molecule has 0 heterocycles. The van der Waals surface area contributed by atoms with Crippen LogP contribution in [0, 0.1) is 0 Å². The number of nitrogens with one attached hydrogen (secondary N) is 1. The van der Waals surface area contributed by atoms with Crippen molar-refractivity contribution in [3.05, 3.63) is 63.6 Å². The molecule has 0 aliphatic rings. The fraction of sp³-hybridized carbons (Fsp3) is 0.0667. The van der Waals surface area contributed by atoms with E-state index < -0.39 is 17.6 Å². The SMILES string of the molecule is O=C(N/N=C/c1ccc(Br)cc1O)c1cccc(C(F)(F)F)c1. The molecule has 2 rings (SSSR count). The Labute approximate surface area is 137 Å². The van der Waals surface area contributed by atoms with Crippen molar-refractivity contribution >= 4 is 28.1 Å². The summed E-state index contributed by atoms with van der Waals surface area (Å²) in [5, 5.41) is 13.3. The van der Waals surface area contributed by atoms with Gasteiger partial charge in [-0.15, -0.1) is 0 Å². The maximum atomic E-state index is 12.6. The second kappa shape index (κ2) is 6.82. The molecule has 2 aromatic rings. The number of rotatable bonds is 3. The number of aromatic hydroxyl groups is 1. The highest BCUT2D eigenvalue weighted by Gasteiger charge is 2.30. The highest BCUT2D eigenvalue weighted by atomic mass is 79.9. The molecule has 0 atom stereocenters. The number of hydrazone groups is 1. The molecule has 0 aliphatic heterocycles. The van der Waals surface area contributed by atoms with Gasteiger partial charge in [-0.05, 0) is 36.4 Å². The summed E-state index contributed by atoms with van der Waals surface area (Å²) in [5.74, 6) is -0.847. The number of carbonyl (C=O) groups excluding carboxylic acids is 1. The van der Waals surface area contributed by atoms with E-state index in [1.54, 1.807) is 12.1 Å². The lowest BCUT2D eigenvalue weighted by molar-refractivity contribution is -0.137. The third kappa shape index (κ3) is 4.56. The van der Waals surface area contributed by atoms with E-state index in [1.165, 1.54) is 18.3 Å². The molecule has 4 nitrogen and oxygen atoms in total. The molecule has 8 heteroatoms. The molecule has 0 saturated heterocycles. The van der Waals surface area contributed by atoms with Crippen molar-refractivity contribution in [2.24, 2.45) is 5.10 Å². The molecule has 120 valence electrons. The summed E-state index contributed by atoms with van der Waals surface area (Å²) in [6.07, 6.45) is -3.34. The molecule has 0 radical (unpaired) electrons. The molecule has 0 unspecified atom stereocenters. The first kappa shape index (κ1) is 17.0. The van der Waals surface area contributed by atoms with Crippen LogP contribution in [0.5, 0.6) is 5.75 Å². The van der Waals surface area contributed by atoms with E-state index >= 15 is 0 Å². The number of carbonyl (C=O) groups is 1. The average molecular weight is 387 g/mol. The Bertz CT molecular complexity index is 761. The molecule has 0 aromatic heterocycles. The van der Waals surface area contributed by atoms with Crippen LogP contribution in [-0.2, 0) is 6.18 Å². The number of hydrogen-bond donors (Lipinski definition) is 2. The largest absolute Gasteiger partial charge is 0.507 e. The minimum Gasteiger partial charge on any atom is -0.507 e. The Kier molecular flexibility index (Phi) is 5.05. The highest BCUT2D eigenvalue weighted by Crippen LogP contribution is 2.29. The molecule has 0 spiro atoms. The molecular formula is C15H10BrF3N2O2. The number of nitrogens with zero attached hydrogens (tertiary/aromatic N) is 1. The summed E-state index contributed by atoms with van der Waals surface area (Å²) in [7, 11) is 0. The van der Waals surface area contributed by atoms with E-state index in [9.17, 15) is 23.1 Å². The van der Waals surface area contributed by atoms with Gasteiger partial charge in [-0.25, -0.2) is 5.43 Å². The minimum absolute atomic E-state index is 0.0588. The second-order valence-electron chi connectivity index (χ2n) is 4.48. The van der Waals surface area contributed by atoms with Gasteiger partial charge in [0.15, 0.2) is 0 Å². The Morgan fingerprint density at radius 3 is 2.61 bits per heavy atom. The van der Waals surface area contributed by atoms with Gasteiger partial charge in [-0.1, -0.05) is 22.0 Å². The molecule has 2 aromatic carbocycles. The van der Waals surface area contributed by atoms with Gasteiger partial charge in [0.25, 0.3) is 5.91 Å². The number of benzene rings is 2. The maximum absolute atomic E-state index is 12.6. The van der Waals surface area contributed by atoms with Crippen molar-refractivity contribution in [1.29, 1.82) is 0 Å². The van der Waals surface area contributed by atoms with Crippen LogP contribution < -0.4 is 5.43 Å². The van der Waals surface area contributed by atoms with Gasteiger partial charge in [-0.2, -0.15) is 18.3 Å². The van der Waals surface area contributed by atoms with Crippen molar-refractivity contribution in [3.8, 4) is 5.75 Å². The van der Waals surface area contributed by atoms with Gasteiger partial charge in [0, 0.05) is 15.6 Å². The smallest absolute Gasteiger partial charge is 0.416 e. The van der Waals surface area contributed by atoms with Gasteiger partial charge < -0.3 is 5.11 Å². The van der Waals surface area contributed by atoms with E-state index in [-0.39, 0.29) is 11.3 Å².